The number of hydrogen-bond acceptors (Lipinski definition) is 3. The third kappa shape index (κ3) is 2.34. The fourth-order valence-corrected chi connectivity index (χ4v) is 2.10. The van der Waals surface area contributed by atoms with Gasteiger partial charge in [-0.3, -0.25) is 9.69 Å². The molecule has 1 amide bonds. The lowest BCUT2D eigenvalue weighted by molar-refractivity contribution is -0.144. The summed E-state index contributed by atoms with van der Waals surface area (Å²) in [7, 11) is 0. The van der Waals surface area contributed by atoms with Crippen molar-refractivity contribution in [2.45, 2.75) is 25.8 Å². The maximum Gasteiger partial charge on any atom is 0.329 e. The molecule has 1 heterocycles. The Balaban J connectivity index is 2.28. The van der Waals surface area contributed by atoms with Gasteiger partial charge in [0.2, 0.25) is 5.91 Å². The van der Waals surface area contributed by atoms with Gasteiger partial charge in [-0.05, 0) is 31.5 Å². The van der Waals surface area contributed by atoms with Gasteiger partial charge in [0.1, 0.15) is 11.9 Å². The minimum absolute atomic E-state index is 0.182. The minimum atomic E-state index is -0.640. The highest BCUT2D eigenvalue weighted by molar-refractivity contribution is 6.02. The van der Waals surface area contributed by atoms with Gasteiger partial charge >= 0.3 is 5.97 Å². The molecule has 0 aliphatic carbocycles. The number of amides is 1. The Morgan fingerprint density at radius 1 is 1.56 bits per heavy atom. The quantitative estimate of drug-likeness (QED) is 0.771. The van der Waals surface area contributed by atoms with E-state index in [1.165, 1.54) is 23.1 Å². The number of esters is 1. The molecular formula is C13H14FNO3. The minimum Gasteiger partial charge on any atom is -0.464 e. The van der Waals surface area contributed by atoms with Crippen LogP contribution in [0.4, 0.5) is 10.1 Å². The van der Waals surface area contributed by atoms with E-state index in [1.807, 2.05) is 0 Å². The Morgan fingerprint density at radius 3 is 3.00 bits per heavy atom. The van der Waals surface area contributed by atoms with Gasteiger partial charge in [-0.1, -0.05) is 6.07 Å². The van der Waals surface area contributed by atoms with Gasteiger partial charge in [0.05, 0.1) is 6.61 Å². The summed E-state index contributed by atoms with van der Waals surface area (Å²) in [6.45, 7) is 1.97. The Labute approximate surface area is 104 Å². The average Bonchev–Trinajstić information content (AvgIpc) is 2.71. The summed E-state index contributed by atoms with van der Waals surface area (Å²) in [6.07, 6.45) is 0.689. The molecule has 96 valence electrons. The van der Waals surface area contributed by atoms with Crippen molar-refractivity contribution >= 4 is 17.6 Å². The van der Waals surface area contributed by atoms with Crippen molar-refractivity contribution in [1.82, 2.24) is 0 Å². The molecule has 2 rings (SSSR count). The molecule has 1 fully saturated rings. The monoisotopic (exact) mass is 251 g/mol. The molecule has 0 N–H and O–H groups in total. The molecule has 4 nitrogen and oxygen atoms in total. The summed E-state index contributed by atoms with van der Waals surface area (Å²) in [5.41, 5.74) is 0.399. The van der Waals surface area contributed by atoms with Crippen LogP contribution in [-0.4, -0.2) is 24.5 Å². The van der Waals surface area contributed by atoms with E-state index in [4.69, 9.17) is 4.74 Å². The number of ether oxygens (including phenoxy) is 1. The molecule has 18 heavy (non-hydrogen) atoms. The van der Waals surface area contributed by atoms with Crippen molar-refractivity contribution in [2.75, 3.05) is 11.5 Å². The van der Waals surface area contributed by atoms with E-state index in [1.54, 1.807) is 13.0 Å². The largest absolute Gasteiger partial charge is 0.464 e. The molecule has 1 atom stereocenters. The standard InChI is InChI=1S/C13H14FNO3/c1-2-18-13(17)11-6-7-12(16)15(11)10-5-3-4-9(14)8-10/h3-5,8,11H,2,6-7H2,1H3. The summed E-state index contributed by atoms with van der Waals surface area (Å²) >= 11 is 0. The van der Waals surface area contributed by atoms with Crippen LogP contribution >= 0.6 is 0 Å². The van der Waals surface area contributed by atoms with Crippen LogP contribution in [0.1, 0.15) is 19.8 Å². The van der Waals surface area contributed by atoms with E-state index in [0.29, 0.717) is 12.1 Å². The highest BCUT2D eigenvalue weighted by atomic mass is 19.1. The molecule has 1 aromatic carbocycles. The van der Waals surface area contributed by atoms with E-state index in [9.17, 15) is 14.0 Å². The molecule has 5 heteroatoms. The number of nitrogens with zero attached hydrogens (tertiary/aromatic N) is 1. The summed E-state index contributed by atoms with van der Waals surface area (Å²) in [5.74, 6) is -1.05. The van der Waals surface area contributed by atoms with Gasteiger partial charge in [-0.15, -0.1) is 0 Å². The van der Waals surface area contributed by atoms with Crippen LogP contribution in [0.25, 0.3) is 0 Å². The Bertz CT molecular complexity index is 475. The van der Waals surface area contributed by atoms with Gasteiger partial charge in [-0.2, -0.15) is 0 Å². The molecule has 0 saturated carbocycles. The third-order valence-electron chi connectivity index (χ3n) is 2.86. The number of benzene rings is 1. The van der Waals surface area contributed by atoms with Crippen LogP contribution in [0, 0.1) is 5.82 Å². The molecule has 1 aliphatic heterocycles. The molecule has 1 aromatic rings. The zero-order chi connectivity index (χ0) is 13.1. The second kappa shape index (κ2) is 5.16. The number of halogens is 1. The van der Waals surface area contributed by atoms with Gasteiger partial charge in [0, 0.05) is 12.1 Å². The summed E-state index contributed by atoms with van der Waals surface area (Å²) < 4.78 is 18.1. The summed E-state index contributed by atoms with van der Waals surface area (Å²) in [4.78, 5) is 24.9. The van der Waals surface area contributed by atoms with Crippen LogP contribution in [0.3, 0.4) is 0 Å². The number of anilines is 1. The topological polar surface area (TPSA) is 46.6 Å². The number of hydrogen-bond donors (Lipinski definition) is 0. The highest BCUT2D eigenvalue weighted by Crippen LogP contribution is 2.27. The van der Waals surface area contributed by atoms with E-state index in [-0.39, 0.29) is 18.9 Å². The lowest BCUT2D eigenvalue weighted by Crippen LogP contribution is -2.39. The first-order chi connectivity index (χ1) is 8.63. The maximum absolute atomic E-state index is 13.2. The van der Waals surface area contributed by atoms with E-state index >= 15 is 0 Å². The van der Waals surface area contributed by atoms with E-state index < -0.39 is 17.8 Å². The summed E-state index contributed by atoms with van der Waals surface area (Å²) in [5, 5.41) is 0. The van der Waals surface area contributed by atoms with Crippen LogP contribution in [0.5, 0.6) is 0 Å². The summed E-state index contributed by atoms with van der Waals surface area (Å²) in [6, 6.07) is 5.02. The number of carbonyl (C=O) groups is 2. The van der Waals surface area contributed by atoms with Gasteiger partial charge < -0.3 is 4.74 Å². The van der Waals surface area contributed by atoms with Crippen LogP contribution in [0.15, 0.2) is 24.3 Å². The molecule has 1 aliphatic rings. The number of carbonyl (C=O) groups excluding carboxylic acids is 2. The van der Waals surface area contributed by atoms with Crippen molar-refractivity contribution < 1.29 is 18.7 Å². The third-order valence-corrected chi connectivity index (χ3v) is 2.86. The van der Waals surface area contributed by atoms with Crippen molar-refractivity contribution in [3.8, 4) is 0 Å². The maximum atomic E-state index is 13.2. The molecule has 0 radical (unpaired) electrons. The van der Waals surface area contributed by atoms with Crippen molar-refractivity contribution in [1.29, 1.82) is 0 Å². The Kier molecular flexibility index (Phi) is 3.60. The van der Waals surface area contributed by atoms with Gasteiger partial charge in [0.25, 0.3) is 0 Å². The zero-order valence-corrected chi connectivity index (χ0v) is 10.1. The lowest BCUT2D eigenvalue weighted by Gasteiger charge is -2.23. The molecule has 0 spiro atoms. The normalized spacial score (nSPS) is 19.1. The SMILES string of the molecule is CCOC(=O)C1CCC(=O)N1c1cccc(F)c1. The van der Waals surface area contributed by atoms with Crippen molar-refractivity contribution in [3.63, 3.8) is 0 Å². The smallest absolute Gasteiger partial charge is 0.329 e. The Hall–Kier alpha value is -1.91. The first-order valence-electron chi connectivity index (χ1n) is 5.87. The predicted octanol–water partition coefficient (Wildman–Crippen LogP) is 1.88. The fraction of sp³-hybridized carbons (Fsp3) is 0.385. The first kappa shape index (κ1) is 12.5. The van der Waals surface area contributed by atoms with Crippen LogP contribution in [0.2, 0.25) is 0 Å². The van der Waals surface area contributed by atoms with Crippen LogP contribution in [-0.2, 0) is 14.3 Å². The van der Waals surface area contributed by atoms with Crippen molar-refractivity contribution in [3.05, 3.63) is 30.1 Å². The van der Waals surface area contributed by atoms with E-state index in [0.717, 1.165) is 0 Å². The first-order valence-corrected chi connectivity index (χ1v) is 5.87. The molecule has 1 saturated heterocycles. The van der Waals surface area contributed by atoms with E-state index in [2.05, 4.69) is 0 Å². The van der Waals surface area contributed by atoms with Gasteiger partial charge in [-0.25, -0.2) is 9.18 Å². The second-order valence-electron chi connectivity index (χ2n) is 4.05. The lowest BCUT2D eigenvalue weighted by atomic mass is 10.2. The highest BCUT2D eigenvalue weighted by Gasteiger charge is 2.38. The predicted molar refractivity (Wildman–Crippen MR) is 63.5 cm³/mol. The molecule has 0 bridgehead atoms. The average molecular weight is 251 g/mol. The molecule has 0 aromatic heterocycles. The molecular weight excluding hydrogens is 237 g/mol. The van der Waals surface area contributed by atoms with Crippen LogP contribution < -0.4 is 4.90 Å². The zero-order valence-electron chi connectivity index (χ0n) is 10.1. The number of rotatable bonds is 3. The second-order valence-corrected chi connectivity index (χ2v) is 4.05. The van der Waals surface area contributed by atoms with Crippen molar-refractivity contribution in [2.24, 2.45) is 0 Å². The van der Waals surface area contributed by atoms with Gasteiger partial charge in [0.15, 0.2) is 0 Å². The Morgan fingerprint density at radius 2 is 2.33 bits per heavy atom. The fourth-order valence-electron chi connectivity index (χ4n) is 2.10. The molecule has 1 unspecified atom stereocenters.